The Morgan fingerprint density at radius 3 is 1.94 bits per heavy atom. The Balaban J connectivity index is 1.63. The number of amides is 3. The highest BCUT2D eigenvalue weighted by molar-refractivity contribution is 6.00. The van der Waals surface area contributed by atoms with Crippen molar-refractivity contribution < 1.29 is 28.3 Å². The third kappa shape index (κ3) is 5.91. The molecule has 0 saturated carbocycles. The Labute approximate surface area is 188 Å². The molecule has 33 heavy (non-hydrogen) atoms. The minimum atomic E-state index is -1.40. The molecule has 170 valence electrons. The zero-order valence-corrected chi connectivity index (χ0v) is 17.8. The zero-order valence-electron chi connectivity index (χ0n) is 17.8. The molecule has 0 fully saturated rings. The van der Waals surface area contributed by atoms with Gasteiger partial charge in [-0.05, 0) is 61.4 Å². The van der Waals surface area contributed by atoms with Crippen molar-refractivity contribution in [2.75, 3.05) is 10.6 Å². The van der Waals surface area contributed by atoms with E-state index in [1.165, 1.54) is 13.8 Å². The van der Waals surface area contributed by atoms with E-state index in [0.29, 0.717) is 17.3 Å². The second-order valence-electron chi connectivity index (χ2n) is 7.74. The van der Waals surface area contributed by atoms with Crippen LogP contribution in [0.25, 0.3) is 11.1 Å². The maximum Gasteiger partial charge on any atom is 0.328 e. The lowest BCUT2D eigenvalue weighted by Crippen LogP contribution is -2.49. The van der Waals surface area contributed by atoms with E-state index in [9.17, 15) is 23.2 Å². The van der Waals surface area contributed by atoms with Gasteiger partial charge in [-0.3, -0.25) is 4.79 Å². The molecule has 0 unspecified atom stereocenters. The number of hydrogen-bond acceptors (Lipinski definition) is 3. The zero-order chi connectivity index (χ0) is 24.2. The number of urea groups is 1. The summed E-state index contributed by atoms with van der Waals surface area (Å²) in [7, 11) is 0. The van der Waals surface area contributed by atoms with Gasteiger partial charge in [0.25, 0.3) is 5.91 Å². The third-order valence-electron chi connectivity index (χ3n) is 4.76. The molecule has 0 atom stereocenters. The molecule has 0 bridgehead atoms. The summed E-state index contributed by atoms with van der Waals surface area (Å²) in [5, 5.41) is 16.4. The first kappa shape index (κ1) is 23.4. The van der Waals surface area contributed by atoms with Gasteiger partial charge in [-0.2, -0.15) is 0 Å². The van der Waals surface area contributed by atoms with Gasteiger partial charge in [0.1, 0.15) is 17.2 Å². The van der Waals surface area contributed by atoms with Crippen molar-refractivity contribution in [1.82, 2.24) is 5.32 Å². The summed E-state index contributed by atoms with van der Waals surface area (Å²) >= 11 is 0. The third-order valence-corrected chi connectivity index (χ3v) is 4.76. The highest BCUT2D eigenvalue weighted by Gasteiger charge is 2.29. The van der Waals surface area contributed by atoms with Gasteiger partial charge >= 0.3 is 12.0 Å². The van der Waals surface area contributed by atoms with Crippen molar-refractivity contribution in [2.24, 2.45) is 0 Å². The van der Waals surface area contributed by atoms with Crippen molar-refractivity contribution in [3.05, 3.63) is 83.9 Å². The Hall–Kier alpha value is -4.27. The van der Waals surface area contributed by atoms with Crippen LogP contribution in [-0.2, 0) is 4.79 Å². The van der Waals surface area contributed by atoms with E-state index < -0.39 is 35.1 Å². The summed E-state index contributed by atoms with van der Waals surface area (Å²) in [6.45, 7) is 2.79. The molecule has 0 aliphatic carbocycles. The summed E-state index contributed by atoms with van der Waals surface area (Å²) < 4.78 is 26.6. The summed E-state index contributed by atoms with van der Waals surface area (Å²) in [6, 6.07) is 15.5. The molecule has 0 aromatic heterocycles. The molecule has 0 radical (unpaired) electrons. The number of carboxylic acid groups (broad SMARTS) is 1. The molecule has 3 aromatic rings. The summed E-state index contributed by atoms with van der Waals surface area (Å²) in [5.41, 5.74) is 0.827. The van der Waals surface area contributed by atoms with Crippen LogP contribution in [0.3, 0.4) is 0 Å². The smallest absolute Gasteiger partial charge is 0.328 e. The lowest BCUT2D eigenvalue weighted by atomic mass is 10.0. The number of aliphatic carboxylic acids is 1. The predicted molar refractivity (Wildman–Crippen MR) is 120 cm³/mol. The Bertz CT molecular complexity index is 1190. The molecular formula is C24H21F2N3O4. The van der Waals surface area contributed by atoms with Crippen LogP contribution >= 0.6 is 0 Å². The number of halogens is 2. The first-order chi connectivity index (χ1) is 15.5. The van der Waals surface area contributed by atoms with E-state index in [1.54, 1.807) is 48.5 Å². The number of carbonyl (C=O) groups is 3. The minimum Gasteiger partial charge on any atom is -0.480 e. The second-order valence-corrected chi connectivity index (χ2v) is 7.74. The Morgan fingerprint density at radius 1 is 0.818 bits per heavy atom. The maximum atomic E-state index is 13.7. The SMILES string of the molecule is CC(C)(NC(=O)c1ccc(-c2ccc(NC(=O)Nc3ccc(F)cc3F)cc2)cc1)C(=O)O. The summed E-state index contributed by atoms with van der Waals surface area (Å²) in [5.74, 6) is -3.27. The fraction of sp³-hybridized carbons (Fsp3) is 0.125. The molecule has 0 spiro atoms. The summed E-state index contributed by atoms with van der Waals surface area (Å²) in [6.07, 6.45) is 0. The predicted octanol–water partition coefficient (Wildman–Crippen LogP) is 4.87. The van der Waals surface area contributed by atoms with E-state index in [2.05, 4.69) is 16.0 Å². The molecule has 3 rings (SSSR count). The quantitative estimate of drug-likeness (QED) is 0.427. The van der Waals surface area contributed by atoms with Gasteiger partial charge in [0, 0.05) is 17.3 Å². The largest absolute Gasteiger partial charge is 0.480 e. The van der Waals surface area contributed by atoms with Crippen LogP contribution in [0, 0.1) is 11.6 Å². The van der Waals surface area contributed by atoms with Crippen molar-refractivity contribution in [3.63, 3.8) is 0 Å². The minimum absolute atomic E-state index is 0.151. The van der Waals surface area contributed by atoms with Crippen LogP contribution in [-0.4, -0.2) is 28.6 Å². The molecule has 0 saturated heterocycles. The van der Waals surface area contributed by atoms with Gasteiger partial charge in [0.05, 0.1) is 5.69 Å². The molecule has 0 aliphatic heterocycles. The van der Waals surface area contributed by atoms with Gasteiger partial charge in [-0.25, -0.2) is 18.4 Å². The van der Waals surface area contributed by atoms with Crippen molar-refractivity contribution in [3.8, 4) is 11.1 Å². The van der Waals surface area contributed by atoms with E-state index in [1.807, 2.05) is 0 Å². The van der Waals surface area contributed by atoms with E-state index in [-0.39, 0.29) is 5.69 Å². The van der Waals surface area contributed by atoms with Gasteiger partial charge in [-0.15, -0.1) is 0 Å². The highest BCUT2D eigenvalue weighted by Crippen LogP contribution is 2.23. The lowest BCUT2D eigenvalue weighted by Gasteiger charge is -2.21. The van der Waals surface area contributed by atoms with Crippen LogP contribution in [0.2, 0.25) is 0 Å². The van der Waals surface area contributed by atoms with Crippen LogP contribution in [0.15, 0.2) is 66.7 Å². The standard InChI is InChI=1S/C24H21F2N3O4/c1-24(2,22(31)32)29-21(30)16-5-3-14(4-6-16)15-7-10-18(11-8-15)27-23(33)28-20-12-9-17(25)13-19(20)26/h3-13H,1-2H3,(H,29,30)(H,31,32)(H2,27,28,33). The molecular weight excluding hydrogens is 432 g/mol. The summed E-state index contributed by atoms with van der Waals surface area (Å²) in [4.78, 5) is 35.5. The van der Waals surface area contributed by atoms with Crippen LogP contribution in [0.1, 0.15) is 24.2 Å². The molecule has 0 aliphatic rings. The van der Waals surface area contributed by atoms with Gasteiger partial charge < -0.3 is 21.1 Å². The van der Waals surface area contributed by atoms with Crippen LogP contribution in [0.5, 0.6) is 0 Å². The monoisotopic (exact) mass is 453 g/mol. The topological polar surface area (TPSA) is 108 Å². The number of carbonyl (C=O) groups excluding carboxylic acids is 2. The van der Waals surface area contributed by atoms with Crippen LogP contribution < -0.4 is 16.0 Å². The average molecular weight is 453 g/mol. The number of anilines is 2. The molecule has 3 amide bonds. The van der Waals surface area contributed by atoms with Crippen molar-refractivity contribution in [1.29, 1.82) is 0 Å². The number of hydrogen-bond donors (Lipinski definition) is 4. The van der Waals surface area contributed by atoms with Crippen LogP contribution in [0.4, 0.5) is 25.0 Å². The molecule has 3 aromatic carbocycles. The average Bonchev–Trinajstić information content (AvgIpc) is 2.76. The number of nitrogens with one attached hydrogen (secondary N) is 3. The molecule has 9 heteroatoms. The molecule has 0 heterocycles. The first-order valence-corrected chi connectivity index (χ1v) is 9.84. The number of carboxylic acids is 1. The van der Waals surface area contributed by atoms with Gasteiger partial charge in [0.2, 0.25) is 0 Å². The Morgan fingerprint density at radius 2 is 1.39 bits per heavy atom. The maximum absolute atomic E-state index is 13.7. The van der Waals surface area contributed by atoms with E-state index in [0.717, 1.165) is 23.3 Å². The number of benzene rings is 3. The van der Waals surface area contributed by atoms with Gasteiger partial charge in [-0.1, -0.05) is 24.3 Å². The second kappa shape index (κ2) is 9.47. The Kier molecular flexibility index (Phi) is 6.72. The fourth-order valence-corrected chi connectivity index (χ4v) is 2.85. The van der Waals surface area contributed by atoms with E-state index in [4.69, 9.17) is 5.11 Å². The normalized spacial score (nSPS) is 10.9. The van der Waals surface area contributed by atoms with Gasteiger partial charge in [0.15, 0.2) is 0 Å². The lowest BCUT2D eigenvalue weighted by molar-refractivity contribution is -0.143. The van der Waals surface area contributed by atoms with E-state index >= 15 is 0 Å². The first-order valence-electron chi connectivity index (χ1n) is 9.84. The highest BCUT2D eigenvalue weighted by atomic mass is 19.1. The molecule has 7 nitrogen and oxygen atoms in total. The number of rotatable bonds is 6. The van der Waals surface area contributed by atoms with Crippen molar-refractivity contribution >= 4 is 29.3 Å². The fourth-order valence-electron chi connectivity index (χ4n) is 2.85. The van der Waals surface area contributed by atoms with Crippen molar-refractivity contribution in [2.45, 2.75) is 19.4 Å². The molecule has 4 N–H and O–H groups in total.